The first kappa shape index (κ1) is 33.7. The first-order chi connectivity index (χ1) is 29.8. The number of benzene rings is 6. The fourth-order valence-corrected chi connectivity index (χ4v) is 8.56. The fourth-order valence-electron chi connectivity index (χ4n) is 8.56. The lowest BCUT2D eigenvalue weighted by Crippen LogP contribution is -2.03. The summed E-state index contributed by atoms with van der Waals surface area (Å²) >= 11 is 0. The van der Waals surface area contributed by atoms with Crippen LogP contribution in [0.25, 0.3) is 112 Å². The van der Waals surface area contributed by atoms with E-state index in [2.05, 4.69) is 135 Å². The molecule has 0 saturated carbocycles. The molecule has 0 aliphatic carbocycles. The molecule has 12 aromatic rings. The van der Waals surface area contributed by atoms with Crippen LogP contribution >= 0.6 is 0 Å². The molecule has 0 radical (unpaired) electrons. The van der Waals surface area contributed by atoms with Crippen LogP contribution in [0, 0.1) is 0 Å². The number of rotatable bonds is 6. The average Bonchev–Trinajstić information content (AvgIpc) is 3.84. The zero-order valence-electron chi connectivity index (χ0n) is 32.1. The summed E-state index contributed by atoms with van der Waals surface area (Å²) in [6, 6.07) is 62.5. The van der Waals surface area contributed by atoms with Crippen LogP contribution in [0.3, 0.4) is 0 Å². The van der Waals surface area contributed by atoms with Crippen molar-refractivity contribution in [3.8, 4) is 56.9 Å². The average molecular weight is 769 g/mol. The summed E-state index contributed by atoms with van der Waals surface area (Å²) in [5.74, 6) is 1.18. The number of pyridine rings is 2. The van der Waals surface area contributed by atoms with Crippen LogP contribution in [0.1, 0.15) is 0 Å². The summed E-state index contributed by atoms with van der Waals surface area (Å²) in [5, 5.41) is 4.26. The number of hydrogen-bond acceptors (Lipinski definition) is 6. The van der Waals surface area contributed by atoms with E-state index in [0.29, 0.717) is 17.5 Å². The van der Waals surface area contributed by atoms with Gasteiger partial charge in [-0.15, -0.1) is 0 Å². The first-order valence-corrected chi connectivity index (χ1v) is 19.9. The van der Waals surface area contributed by atoms with Crippen molar-refractivity contribution in [1.82, 2.24) is 39.0 Å². The Bertz CT molecular complexity index is 3580. The molecule has 0 spiro atoms. The van der Waals surface area contributed by atoms with Crippen molar-refractivity contribution in [2.24, 2.45) is 0 Å². The van der Waals surface area contributed by atoms with E-state index < -0.39 is 0 Å². The summed E-state index contributed by atoms with van der Waals surface area (Å²) in [6.45, 7) is 0. The van der Waals surface area contributed by atoms with Gasteiger partial charge in [0.1, 0.15) is 22.4 Å². The number of fused-ring (bicyclic) bond motifs is 7. The smallest absolute Gasteiger partial charge is 0.235 e. The maximum Gasteiger partial charge on any atom is 0.235 e. The van der Waals surface area contributed by atoms with E-state index in [-0.39, 0.29) is 0 Å². The molecule has 0 atom stereocenters. The number of hydrogen-bond donors (Lipinski definition) is 0. The lowest BCUT2D eigenvalue weighted by molar-refractivity contribution is 1.01. The molecule has 0 aliphatic rings. The molecule has 6 aromatic heterocycles. The molecule has 0 unspecified atom stereocenters. The number of para-hydroxylation sites is 3. The minimum atomic E-state index is 0.543. The molecule has 6 heterocycles. The summed E-state index contributed by atoms with van der Waals surface area (Å²) in [7, 11) is 0. The Morgan fingerprint density at radius 2 is 0.983 bits per heavy atom. The van der Waals surface area contributed by atoms with Crippen LogP contribution < -0.4 is 0 Å². The Balaban J connectivity index is 1.09. The molecule has 0 saturated heterocycles. The molecule has 6 aromatic carbocycles. The van der Waals surface area contributed by atoms with Crippen LogP contribution in [-0.2, 0) is 0 Å². The van der Waals surface area contributed by atoms with Crippen molar-refractivity contribution < 1.29 is 0 Å². The van der Waals surface area contributed by atoms with Gasteiger partial charge >= 0.3 is 0 Å². The largest absolute Gasteiger partial charge is 0.306 e. The van der Waals surface area contributed by atoms with E-state index in [4.69, 9.17) is 24.9 Å². The normalized spacial score (nSPS) is 11.7. The Hall–Kier alpha value is -8.36. The molecule has 0 amide bonds. The first-order valence-electron chi connectivity index (χ1n) is 19.9. The second-order valence-electron chi connectivity index (χ2n) is 14.8. The molecule has 280 valence electrons. The summed E-state index contributed by atoms with van der Waals surface area (Å²) in [6.07, 6.45) is 3.58. The maximum absolute atomic E-state index is 5.28. The fraction of sp³-hybridized carbons (Fsp3) is 0. The van der Waals surface area contributed by atoms with Gasteiger partial charge in [0, 0.05) is 45.2 Å². The van der Waals surface area contributed by atoms with Crippen LogP contribution in [-0.4, -0.2) is 39.0 Å². The molecule has 0 bridgehead atoms. The predicted molar refractivity (Wildman–Crippen MR) is 241 cm³/mol. The monoisotopic (exact) mass is 768 g/mol. The summed E-state index contributed by atoms with van der Waals surface area (Å²) < 4.78 is 4.45. The van der Waals surface area contributed by atoms with Gasteiger partial charge in [-0.1, -0.05) is 109 Å². The zero-order chi connectivity index (χ0) is 39.6. The van der Waals surface area contributed by atoms with Gasteiger partial charge < -0.3 is 4.57 Å². The van der Waals surface area contributed by atoms with Crippen LogP contribution in [0.4, 0.5) is 0 Å². The van der Waals surface area contributed by atoms with Crippen LogP contribution in [0.15, 0.2) is 194 Å². The van der Waals surface area contributed by atoms with Crippen molar-refractivity contribution in [3.63, 3.8) is 0 Å². The third-order valence-corrected chi connectivity index (χ3v) is 11.3. The van der Waals surface area contributed by atoms with E-state index >= 15 is 0 Å². The highest BCUT2D eigenvalue weighted by Crippen LogP contribution is 2.40. The molecule has 8 heteroatoms. The summed E-state index contributed by atoms with van der Waals surface area (Å²) in [5.41, 5.74) is 13.0. The summed E-state index contributed by atoms with van der Waals surface area (Å²) in [4.78, 5) is 30.3. The van der Waals surface area contributed by atoms with E-state index in [1.165, 1.54) is 0 Å². The van der Waals surface area contributed by atoms with E-state index in [9.17, 15) is 0 Å². The van der Waals surface area contributed by atoms with Crippen LogP contribution in [0.5, 0.6) is 0 Å². The molecular weight excluding hydrogens is 737 g/mol. The topological polar surface area (TPSA) is 87.2 Å². The van der Waals surface area contributed by atoms with Gasteiger partial charge in [0.05, 0.1) is 33.5 Å². The van der Waals surface area contributed by atoms with Crippen LogP contribution in [0.2, 0.25) is 0 Å². The SMILES string of the molecule is c1ccc(-c2nc(-n3c4ccccc4c4cc(-c5ccc6c(c5)c5nc(-c7ccccn7)nc(-c7ccccn7)c5n6-c5ccccc5)ccc43)nc3ccccc23)cc1. The lowest BCUT2D eigenvalue weighted by Gasteiger charge is -2.12. The van der Waals surface area contributed by atoms with E-state index in [1.54, 1.807) is 12.4 Å². The lowest BCUT2D eigenvalue weighted by atomic mass is 10.0. The van der Waals surface area contributed by atoms with Crippen molar-refractivity contribution >= 4 is 54.6 Å². The highest BCUT2D eigenvalue weighted by molar-refractivity contribution is 6.14. The molecule has 0 aliphatic heterocycles. The Morgan fingerprint density at radius 3 is 1.73 bits per heavy atom. The van der Waals surface area contributed by atoms with Crippen molar-refractivity contribution in [2.45, 2.75) is 0 Å². The predicted octanol–water partition coefficient (Wildman–Crippen LogP) is 12.1. The van der Waals surface area contributed by atoms with Gasteiger partial charge in [-0.25, -0.2) is 19.9 Å². The van der Waals surface area contributed by atoms with Crippen molar-refractivity contribution in [3.05, 3.63) is 194 Å². The number of nitrogens with zero attached hydrogens (tertiary/aromatic N) is 8. The van der Waals surface area contributed by atoms with E-state index in [0.717, 1.165) is 94.1 Å². The molecule has 0 N–H and O–H groups in total. The highest BCUT2D eigenvalue weighted by Gasteiger charge is 2.23. The van der Waals surface area contributed by atoms with Crippen molar-refractivity contribution in [2.75, 3.05) is 0 Å². The van der Waals surface area contributed by atoms with Gasteiger partial charge in [-0.05, 0) is 83.9 Å². The Morgan fingerprint density at radius 1 is 0.367 bits per heavy atom. The van der Waals surface area contributed by atoms with Gasteiger partial charge in [-0.2, -0.15) is 0 Å². The van der Waals surface area contributed by atoms with Crippen molar-refractivity contribution in [1.29, 1.82) is 0 Å². The molecule has 8 nitrogen and oxygen atoms in total. The third kappa shape index (κ3) is 5.39. The second kappa shape index (κ2) is 13.6. The molecule has 60 heavy (non-hydrogen) atoms. The highest BCUT2D eigenvalue weighted by atomic mass is 15.2. The van der Waals surface area contributed by atoms with Gasteiger partial charge in [0.15, 0.2) is 5.82 Å². The molecule has 12 rings (SSSR count). The maximum atomic E-state index is 5.28. The second-order valence-corrected chi connectivity index (χ2v) is 14.8. The van der Waals surface area contributed by atoms with E-state index in [1.807, 2.05) is 60.7 Å². The minimum Gasteiger partial charge on any atom is -0.306 e. The third-order valence-electron chi connectivity index (χ3n) is 11.3. The molecule has 0 fully saturated rings. The Kier molecular flexibility index (Phi) is 7.67. The number of aromatic nitrogens is 8. The Labute approximate surface area is 343 Å². The zero-order valence-corrected chi connectivity index (χ0v) is 32.1. The van der Waals surface area contributed by atoms with Gasteiger partial charge in [0.25, 0.3) is 0 Å². The quantitative estimate of drug-likeness (QED) is 0.167. The molecular formula is C52H32N8. The van der Waals surface area contributed by atoms with Gasteiger partial charge in [0.2, 0.25) is 5.95 Å². The minimum absolute atomic E-state index is 0.543. The van der Waals surface area contributed by atoms with Gasteiger partial charge in [-0.3, -0.25) is 14.5 Å². The standard InChI is InChI=1S/C52H32N8/c1-3-15-33(16-4-1)47-38-20-7-9-21-41(38)55-52(58-47)60-44-24-10-8-19-37(44)39-31-34(25-27-45(39)60)35-26-28-46-40(32-35)48-50(59(46)36-17-5-2-6-18-36)49(42-22-11-13-29-53-42)57-51(56-48)43-23-12-14-30-54-43/h1-32H.